The summed E-state index contributed by atoms with van der Waals surface area (Å²) in [6.45, 7) is 6.64. The van der Waals surface area contributed by atoms with Crippen LogP contribution in [0.4, 0.5) is 0 Å². The van der Waals surface area contributed by atoms with Crippen molar-refractivity contribution in [2.45, 2.75) is 367 Å². The van der Waals surface area contributed by atoms with Gasteiger partial charge in [0.05, 0.1) is 0 Å². The Morgan fingerprint density at radius 1 is 0.235 bits per heavy atom. The molecule has 0 spiro atoms. The molecule has 0 amide bonds. The SMILES string of the molecule is CCCCCCCCCCCCCCCCCCCCCCCCCCCCCCCCCCCC(=O)OCC(COC(=O)CCCCCCCCC)OC(=O)CCCCCCCCCCCC. The molecule has 1 atom stereocenters. The van der Waals surface area contributed by atoms with Crippen LogP contribution in [0.3, 0.4) is 0 Å². The third kappa shape index (κ3) is 55.3. The Morgan fingerprint density at radius 2 is 0.397 bits per heavy atom. The van der Waals surface area contributed by atoms with Crippen LogP contribution >= 0.6 is 0 Å². The number of esters is 3. The lowest BCUT2D eigenvalue weighted by Gasteiger charge is -2.18. The maximum atomic E-state index is 12.7. The number of carbonyl (C=O) groups is 3. The van der Waals surface area contributed by atoms with Crippen LogP contribution in [0.25, 0.3) is 0 Å². The minimum absolute atomic E-state index is 0.0625. The Balaban J connectivity index is 3.82. The largest absolute Gasteiger partial charge is 0.462 e. The number of carbonyl (C=O) groups excluding carboxylic acids is 3. The summed E-state index contributed by atoms with van der Waals surface area (Å²) >= 11 is 0. The lowest BCUT2D eigenvalue weighted by atomic mass is 10.0. The molecule has 0 aromatic carbocycles. The van der Waals surface area contributed by atoms with Crippen molar-refractivity contribution in [1.82, 2.24) is 0 Å². The van der Waals surface area contributed by atoms with Gasteiger partial charge in [-0.15, -0.1) is 0 Å². The summed E-state index contributed by atoms with van der Waals surface area (Å²) in [5, 5.41) is 0. The van der Waals surface area contributed by atoms with Crippen LogP contribution in [0.5, 0.6) is 0 Å². The summed E-state index contributed by atoms with van der Waals surface area (Å²) < 4.78 is 16.7. The zero-order valence-electron chi connectivity index (χ0n) is 46.4. The molecule has 0 heterocycles. The van der Waals surface area contributed by atoms with E-state index in [0.717, 1.165) is 57.8 Å². The standard InChI is InChI=1S/C62H120O6/c1-4-7-10-13-16-18-20-21-22-23-24-25-26-27-28-29-30-31-32-33-34-35-36-37-38-39-40-41-42-44-46-49-52-55-61(64)67-58-59(57-66-60(63)54-51-48-45-15-12-9-6-3)68-62(65)56-53-50-47-43-19-17-14-11-8-5-2/h59H,4-58H2,1-3H3. The average Bonchev–Trinajstić information content (AvgIpc) is 3.34. The first-order valence-electron chi connectivity index (χ1n) is 31.0. The lowest BCUT2D eigenvalue weighted by Crippen LogP contribution is -2.30. The number of hydrogen-bond donors (Lipinski definition) is 0. The molecule has 6 heteroatoms. The van der Waals surface area contributed by atoms with Crippen molar-refractivity contribution in [3.63, 3.8) is 0 Å². The maximum Gasteiger partial charge on any atom is 0.306 e. The molecule has 0 radical (unpaired) electrons. The molecule has 1 unspecified atom stereocenters. The second-order valence-electron chi connectivity index (χ2n) is 21.3. The molecule has 0 aliphatic carbocycles. The topological polar surface area (TPSA) is 78.9 Å². The Labute approximate surface area is 425 Å². The number of rotatable bonds is 58. The zero-order chi connectivity index (χ0) is 49.3. The van der Waals surface area contributed by atoms with E-state index in [1.54, 1.807) is 0 Å². The molecule has 0 aromatic heterocycles. The lowest BCUT2D eigenvalue weighted by molar-refractivity contribution is -0.167. The van der Waals surface area contributed by atoms with Crippen LogP contribution in [-0.4, -0.2) is 37.2 Å². The van der Waals surface area contributed by atoms with Gasteiger partial charge in [0.15, 0.2) is 6.10 Å². The molecule has 0 saturated heterocycles. The van der Waals surface area contributed by atoms with E-state index >= 15 is 0 Å². The summed E-state index contributed by atoms with van der Waals surface area (Å²) in [4.78, 5) is 37.8. The molecule has 0 N–H and O–H groups in total. The van der Waals surface area contributed by atoms with E-state index in [1.165, 1.54) is 263 Å². The van der Waals surface area contributed by atoms with Crippen LogP contribution in [0.1, 0.15) is 361 Å². The molecule has 404 valence electrons. The van der Waals surface area contributed by atoms with Gasteiger partial charge in [0, 0.05) is 19.3 Å². The fourth-order valence-electron chi connectivity index (χ4n) is 9.68. The average molecular weight is 962 g/mol. The van der Waals surface area contributed by atoms with E-state index in [0.29, 0.717) is 19.3 Å². The van der Waals surface area contributed by atoms with E-state index in [1.807, 2.05) is 0 Å². The van der Waals surface area contributed by atoms with Crippen molar-refractivity contribution in [3.05, 3.63) is 0 Å². The molecule has 0 fully saturated rings. The van der Waals surface area contributed by atoms with Gasteiger partial charge in [-0.25, -0.2) is 0 Å². The molecular weight excluding hydrogens is 841 g/mol. The monoisotopic (exact) mass is 961 g/mol. The highest BCUT2D eigenvalue weighted by Crippen LogP contribution is 2.18. The van der Waals surface area contributed by atoms with Gasteiger partial charge in [0.25, 0.3) is 0 Å². The highest BCUT2D eigenvalue weighted by atomic mass is 16.6. The predicted octanol–water partition coefficient (Wildman–Crippen LogP) is 20.7. The summed E-state index contributed by atoms with van der Waals surface area (Å²) in [5.74, 6) is -0.849. The van der Waals surface area contributed by atoms with Crippen molar-refractivity contribution >= 4 is 17.9 Å². The van der Waals surface area contributed by atoms with Crippen molar-refractivity contribution in [1.29, 1.82) is 0 Å². The van der Waals surface area contributed by atoms with Crippen molar-refractivity contribution in [2.24, 2.45) is 0 Å². The molecule has 6 nitrogen and oxygen atoms in total. The Morgan fingerprint density at radius 3 is 0.588 bits per heavy atom. The molecule has 0 aliphatic rings. The summed E-state index contributed by atoms with van der Waals surface area (Å²) in [7, 11) is 0. The van der Waals surface area contributed by atoms with Gasteiger partial charge in [-0.05, 0) is 19.3 Å². The Hall–Kier alpha value is -1.59. The maximum absolute atomic E-state index is 12.7. The molecular formula is C62H120O6. The summed E-state index contributed by atoms with van der Waals surface area (Å²) in [5.41, 5.74) is 0. The number of unbranched alkanes of at least 4 members (excludes halogenated alkanes) is 47. The molecule has 68 heavy (non-hydrogen) atoms. The van der Waals surface area contributed by atoms with Crippen LogP contribution in [0, 0.1) is 0 Å². The third-order valence-corrected chi connectivity index (χ3v) is 14.4. The second kappa shape index (κ2) is 58.0. The Kier molecular flexibility index (Phi) is 56.6. The molecule has 0 aliphatic heterocycles. The van der Waals surface area contributed by atoms with Crippen LogP contribution in [0.2, 0.25) is 0 Å². The van der Waals surface area contributed by atoms with Crippen molar-refractivity contribution in [2.75, 3.05) is 13.2 Å². The van der Waals surface area contributed by atoms with E-state index < -0.39 is 6.10 Å². The van der Waals surface area contributed by atoms with E-state index in [9.17, 15) is 14.4 Å². The highest BCUT2D eigenvalue weighted by Gasteiger charge is 2.19. The minimum Gasteiger partial charge on any atom is -0.462 e. The summed E-state index contributed by atoms with van der Waals surface area (Å²) in [6.07, 6.45) is 66.0. The van der Waals surface area contributed by atoms with Gasteiger partial charge < -0.3 is 14.2 Å². The van der Waals surface area contributed by atoms with Crippen molar-refractivity contribution in [3.8, 4) is 0 Å². The van der Waals surface area contributed by atoms with Gasteiger partial charge in [-0.3, -0.25) is 14.4 Å². The minimum atomic E-state index is -0.759. The van der Waals surface area contributed by atoms with Crippen LogP contribution in [-0.2, 0) is 28.6 Å². The first-order valence-corrected chi connectivity index (χ1v) is 31.0. The predicted molar refractivity (Wildman–Crippen MR) is 294 cm³/mol. The molecule has 0 aromatic rings. The quantitative estimate of drug-likeness (QED) is 0.0343. The van der Waals surface area contributed by atoms with Gasteiger partial charge in [-0.1, -0.05) is 323 Å². The smallest absolute Gasteiger partial charge is 0.306 e. The normalized spacial score (nSPS) is 11.9. The highest BCUT2D eigenvalue weighted by molar-refractivity contribution is 5.71. The van der Waals surface area contributed by atoms with Gasteiger partial charge >= 0.3 is 17.9 Å². The van der Waals surface area contributed by atoms with Crippen molar-refractivity contribution < 1.29 is 28.6 Å². The van der Waals surface area contributed by atoms with E-state index in [-0.39, 0.29) is 31.1 Å². The fourth-order valence-corrected chi connectivity index (χ4v) is 9.68. The molecule has 0 bridgehead atoms. The van der Waals surface area contributed by atoms with Gasteiger partial charge in [-0.2, -0.15) is 0 Å². The molecule has 0 rings (SSSR count). The number of hydrogen-bond acceptors (Lipinski definition) is 6. The Bertz CT molecular complexity index is 1010. The molecule has 0 saturated carbocycles. The third-order valence-electron chi connectivity index (χ3n) is 14.4. The van der Waals surface area contributed by atoms with Crippen LogP contribution < -0.4 is 0 Å². The van der Waals surface area contributed by atoms with E-state index in [4.69, 9.17) is 14.2 Å². The zero-order valence-corrected chi connectivity index (χ0v) is 46.4. The first kappa shape index (κ1) is 66.4. The van der Waals surface area contributed by atoms with E-state index in [2.05, 4.69) is 20.8 Å². The first-order chi connectivity index (χ1) is 33.5. The number of ether oxygens (including phenoxy) is 3. The van der Waals surface area contributed by atoms with Crippen LogP contribution in [0.15, 0.2) is 0 Å². The fraction of sp³-hybridized carbons (Fsp3) is 0.952. The summed E-state index contributed by atoms with van der Waals surface area (Å²) in [6, 6.07) is 0. The second-order valence-corrected chi connectivity index (χ2v) is 21.3. The van der Waals surface area contributed by atoms with Gasteiger partial charge in [0.1, 0.15) is 13.2 Å². The van der Waals surface area contributed by atoms with Gasteiger partial charge in [0.2, 0.25) is 0 Å².